The topological polar surface area (TPSA) is 40.6 Å². The molecule has 3 fully saturated rings. The number of rotatable bonds is 2. The van der Waals surface area contributed by atoms with Crippen LogP contribution in [0.5, 0.6) is 0 Å². The zero-order valence-corrected chi connectivity index (χ0v) is 13.1. The Hall–Kier alpha value is -1.91. The van der Waals surface area contributed by atoms with E-state index in [2.05, 4.69) is 0 Å². The van der Waals surface area contributed by atoms with Gasteiger partial charge < -0.3 is 9.80 Å². The molecule has 1 aliphatic carbocycles. The first-order valence-electron chi connectivity index (χ1n) is 8.40. The quantitative estimate of drug-likeness (QED) is 0.841. The number of anilines is 1. The predicted molar refractivity (Wildman–Crippen MR) is 84.7 cm³/mol. The minimum atomic E-state index is -1.64. The Balaban J connectivity index is 1.54. The number of hydrogen-bond acceptors (Lipinski definition) is 2. The van der Waals surface area contributed by atoms with E-state index in [-0.39, 0.29) is 5.91 Å². The second kappa shape index (κ2) is 5.05. The Kier molecular flexibility index (Phi) is 3.22. The zero-order chi connectivity index (χ0) is 16.1. The second-order valence-corrected chi connectivity index (χ2v) is 7.12. The van der Waals surface area contributed by atoms with E-state index in [0.717, 1.165) is 24.9 Å². The first-order valence-corrected chi connectivity index (χ1v) is 8.40. The molecule has 1 spiro atoms. The van der Waals surface area contributed by atoms with Crippen LogP contribution in [0.1, 0.15) is 32.1 Å². The highest BCUT2D eigenvalue weighted by atomic mass is 19.1. The van der Waals surface area contributed by atoms with Gasteiger partial charge in [-0.25, -0.2) is 4.39 Å². The fraction of sp³-hybridized carbons (Fsp3) is 0.556. The molecule has 1 atom stereocenters. The largest absolute Gasteiger partial charge is 0.339 e. The number of nitrogens with zero attached hydrogens (tertiary/aromatic N) is 2. The monoisotopic (exact) mass is 316 g/mol. The number of alkyl halides is 1. The van der Waals surface area contributed by atoms with Crippen LogP contribution in [0.15, 0.2) is 30.3 Å². The maximum atomic E-state index is 14.1. The number of carbonyl (C=O) groups is 2. The second-order valence-electron chi connectivity index (χ2n) is 7.12. The van der Waals surface area contributed by atoms with Crippen LogP contribution in [0.3, 0.4) is 0 Å². The van der Waals surface area contributed by atoms with Gasteiger partial charge in [0.05, 0.1) is 5.41 Å². The fourth-order valence-electron chi connectivity index (χ4n) is 3.97. The van der Waals surface area contributed by atoms with E-state index in [1.54, 1.807) is 4.90 Å². The third kappa shape index (κ3) is 2.33. The van der Waals surface area contributed by atoms with Crippen molar-refractivity contribution in [2.24, 2.45) is 5.41 Å². The van der Waals surface area contributed by atoms with Crippen molar-refractivity contribution in [3.63, 3.8) is 0 Å². The zero-order valence-electron chi connectivity index (χ0n) is 13.1. The lowest BCUT2D eigenvalue weighted by atomic mass is 9.78. The van der Waals surface area contributed by atoms with Gasteiger partial charge in [-0.1, -0.05) is 18.2 Å². The molecular weight excluding hydrogens is 295 g/mol. The van der Waals surface area contributed by atoms with E-state index >= 15 is 0 Å². The molecule has 4 nitrogen and oxygen atoms in total. The van der Waals surface area contributed by atoms with Gasteiger partial charge in [-0.3, -0.25) is 9.59 Å². The third-order valence-electron chi connectivity index (χ3n) is 5.52. The van der Waals surface area contributed by atoms with Crippen molar-refractivity contribution >= 4 is 17.5 Å². The van der Waals surface area contributed by atoms with E-state index < -0.39 is 17.0 Å². The Bertz CT molecular complexity index is 644. The molecule has 2 amide bonds. The maximum Gasteiger partial charge on any atom is 0.260 e. The van der Waals surface area contributed by atoms with Gasteiger partial charge in [0.1, 0.15) is 0 Å². The van der Waals surface area contributed by atoms with Crippen LogP contribution in [0.2, 0.25) is 0 Å². The van der Waals surface area contributed by atoms with Crippen LogP contribution in [0, 0.1) is 5.41 Å². The van der Waals surface area contributed by atoms with Crippen LogP contribution in [0.25, 0.3) is 0 Å². The lowest BCUT2D eigenvalue weighted by Crippen LogP contribution is -2.52. The van der Waals surface area contributed by atoms with Crippen LogP contribution in [-0.4, -0.2) is 42.0 Å². The Morgan fingerprint density at radius 1 is 1.04 bits per heavy atom. The number of likely N-dealkylation sites (tertiary alicyclic amines) is 1. The van der Waals surface area contributed by atoms with Crippen molar-refractivity contribution in [2.45, 2.75) is 37.8 Å². The van der Waals surface area contributed by atoms with E-state index in [9.17, 15) is 14.0 Å². The molecule has 2 saturated heterocycles. The third-order valence-corrected chi connectivity index (χ3v) is 5.52. The van der Waals surface area contributed by atoms with Crippen molar-refractivity contribution in [3.05, 3.63) is 30.3 Å². The molecule has 5 heteroatoms. The normalized spacial score (nSPS) is 29.2. The number of para-hydroxylation sites is 1. The first-order chi connectivity index (χ1) is 11.0. The van der Waals surface area contributed by atoms with Crippen molar-refractivity contribution < 1.29 is 14.0 Å². The van der Waals surface area contributed by atoms with Crippen molar-refractivity contribution in [2.75, 3.05) is 24.5 Å². The lowest BCUT2D eigenvalue weighted by Gasteiger charge is -2.39. The van der Waals surface area contributed by atoms with Gasteiger partial charge in [-0.05, 0) is 44.2 Å². The number of halogens is 1. The van der Waals surface area contributed by atoms with Gasteiger partial charge in [0.25, 0.3) is 5.91 Å². The molecule has 0 N–H and O–H groups in total. The molecule has 3 aliphatic rings. The molecule has 122 valence electrons. The van der Waals surface area contributed by atoms with Crippen LogP contribution < -0.4 is 4.90 Å². The highest BCUT2D eigenvalue weighted by Crippen LogP contribution is 2.46. The minimum Gasteiger partial charge on any atom is -0.339 e. The average Bonchev–Trinajstić information content (AvgIpc) is 3.27. The molecule has 2 heterocycles. The van der Waals surface area contributed by atoms with Gasteiger partial charge in [0, 0.05) is 25.3 Å². The summed E-state index contributed by atoms with van der Waals surface area (Å²) in [5.74, 6) is -0.313. The van der Waals surface area contributed by atoms with Gasteiger partial charge in [0.2, 0.25) is 5.91 Å². The molecule has 0 unspecified atom stereocenters. The Labute approximate surface area is 135 Å². The van der Waals surface area contributed by atoms with E-state index in [1.165, 1.54) is 0 Å². The van der Waals surface area contributed by atoms with Crippen molar-refractivity contribution in [3.8, 4) is 0 Å². The molecule has 1 saturated carbocycles. The standard InChI is InChI=1S/C18H21FN2O2/c19-18(8-9-18)16(23)20-11-4-7-17(13-20)10-12-21(15(17)22)14-5-2-1-3-6-14/h1-3,5-6H,4,7-13H2/t17-/m0/s1. The van der Waals surface area contributed by atoms with Crippen LogP contribution >= 0.6 is 0 Å². The molecule has 4 rings (SSSR count). The number of amides is 2. The Morgan fingerprint density at radius 3 is 2.48 bits per heavy atom. The average molecular weight is 316 g/mol. The van der Waals surface area contributed by atoms with Gasteiger partial charge in [-0.2, -0.15) is 0 Å². The number of benzene rings is 1. The van der Waals surface area contributed by atoms with Gasteiger partial charge in [0.15, 0.2) is 5.67 Å². The molecule has 0 bridgehead atoms. The summed E-state index contributed by atoms with van der Waals surface area (Å²) >= 11 is 0. The SMILES string of the molecule is O=C(N1CCC[C@]2(CCN(c3ccccc3)C2=O)C1)C1(F)CC1. The first kappa shape index (κ1) is 14.7. The summed E-state index contributed by atoms with van der Waals surface area (Å²) in [5, 5.41) is 0. The Morgan fingerprint density at radius 2 is 1.78 bits per heavy atom. The molecule has 1 aromatic carbocycles. The number of hydrogen-bond donors (Lipinski definition) is 0. The van der Waals surface area contributed by atoms with Crippen molar-refractivity contribution in [1.29, 1.82) is 0 Å². The summed E-state index contributed by atoms with van der Waals surface area (Å²) in [4.78, 5) is 28.7. The highest BCUT2D eigenvalue weighted by molar-refractivity contribution is 6.00. The lowest BCUT2D eigenvalue weighted by molar-refractivity contribution is -0.144. The summed E-state index contributed by atoms with van der Waals surface area (Å²) in [6.07, 6.45) is 2.97. The smallest absolute Gasteiger partial charge is 0.260 e. The van der Waals surface area contributed by atoms with Crippen molar-refractivity contribution in [1.82, 2.24) is 4.90 Å². The maximum absolute atomic E-state index is 14.1. The molecule has 0 aromatic heterocycles. The van der Waals surface area contributed by atoms with E-state index in [4.69, 9.17) is 0 Å². The molecule has 0 radical (unpaired) electrons. The molecule has 1 aromatic rings. The number of carbonyl (C=O) groups excluding carboxylic acids is 2. The van der Waals surface area contributed by atoms with Gasteiger partial charge in [-0.15, -0.1) is 0 Å². The predicted octanol–water partition coefficient (Wildman–Crippen LogP) is 2.53. The minimum absolute atomic E-state index is 0.0879. The molecule has 23 heavy (non-hydrogen) atoms. The summed E-state index contributed by atoms with van der Waals surface area (Å²) in [6.45, 7) is 1.62. The summed E-state index contributed by atoms with van der Waals surface area (Å²) in [6, 6.07) is 9.64. The summed E-state index contributed by atoms with van der Waals surface area (Å²) < 4.78 is 14.1. The molecule has 2 aliphatic heterocycles. The van der Waals surface area contributed by atoms with Crippen LogP contribution in [0.4, 0.5) is 10.1 Å². The van der Waals surface area contributed by atoms with E-state index in [0.29, 0.717) is 32.5 Å². The summed E-state index contributed by atoms with van der Waals surface area (Å²) in [5.41, 5.74) is -1.25. The fourth-order valence-corrected chi connectivity index (χ4v) is 3.97. The molecular formula is C18H21FN2O2. The van der Waals surface area contributed by atoms with E-state index in [1.807, 2.05) is 35.2 Å². The van der Waals surface area contributed by atoms with Gasteiger partial charge >= 0.3 is 0 Å². The van der Waals surface area contributed by atoms with Crippen LogP contribution in [-0.2, 0) is 9.59 Å². The summed E-state index contributed by atoms with van der Waals surface area (Å²) in [7, 11) is 0. The number of piperidine rings is 1. The highest BCUT2D eigenvalue weighted by Gasteiger charge is 2.56.